The lowest BCUT2D eigenvalue weighted by molar-refractivity contribution is 0.0859. The molecular formula is C14H20N4O3. The number of hydrogen-bond acceptors (Lipinski definition) is 5. The minimum atomic E-state index is -0.283. The molecule has 2 rings (SSSR count). The second-order valence-electron chi connectivity index (χ2n) is 4.96. The number of likely N-dealkylation sites (tertiary alicyclic amines) is 1. The standard InChI is InChI=1S/C14H20N4O3/c1-3-21-14(20)18-6-4-11(5-7-18)17-13(19)12-8-15-9-16-10(12)2/h8-9,11H,3-7H2,1-2H3,(H,17,19). The molecule has 0 aliphatic carbocycles. The molecule has 0 radical (unpaired) electrons. The van der Waals surface area contributed by atoms with Gasteiger partial charge in [-0.25, -0.2) is 14.8 Å². The molecule has 21 heavy (non-hydrogen) atoms. The molecule has 114 valence electrons. The zero-order valence-electron chi connectivity index (χ0n) is 12.3. The van der Waals surface area contributed by atoms with Crippen molar-refractivity contribution in [2.45, 2.75) is 32.7 Å². The maximum atomic E-state index is 12.2. The molecule has 1 aliphatic heterocycles. The summed E-state index contributed by atoms with van der Waals surface area (Å²) in [5, 5.41) is 2.97. The summed E-state index contributed by atoms with van der Waals surface area (Å²) >= 11 is 0. The molecule has 1 aromatic heterocycles. The van der Waals surface area contributed by atoms with Gasteiger partial charge in [0.2, 0.25) is 0 Å². The highest BCUT2D eigenvalue weighted by Gasteiger charge is 2.25. The number of hydrogen-bond donors (Lipinski definition) is 1. The van der Waals surface area contributed by atoms with Crippen molar-refractivity contribution in [3.63, 3.8) is 0 Å². The van der Waals surface area contributed by atoms with Gasteiger partial charge in [0.05, 0.1) is 17.9 Å². The molecule has 2 heterocycles. The van der Waals surface area contributed by atoms with Gasteiger partial charge < -0.3 is 15.0 Å². The average molecular weight is 292 g/mol. The van der Waals surface area contributed by atoms with Crippen LogP contribution in [-0.4, -0.2) is 52.6 Å². The number of ether oxygens (including phenoxy) is 1. The monoisotopic (exact) mass is 292 g/mol. The maximum Gasteiger partial charge on any atom is 0.409 e. The fourth-order valence-electron chi connectivity index (χ4n) is 2.30. The van der Waals surface area contributed by atoms with Crippen LogP contribution in [0.25, 0.3) is 0 Å². The van der Waals surface area contributed by atoms with E-state index in [4.69, 9.17) is 4.74 Å². The predicted molar refractivity (Wildman–Crippen MR) is 75.9 cm³/mol. The van der Waals surface area contributed by atoms with Crippen LogP contribution in [0.5, 0.6) is 0 Å². The van der Waals surface area contributed by atoms with Crippen molar-refractivity contribution < 1.29 is 14.3 Å². The Morgan fingerprint density at radius 3 is 2.76 bits per heavy atom. The highest BCUT2D eigenvalue weighted by Crippen LogP contribution is 2.12. The van der Waals surface area contributed by atoms with Crippen molar-refractivity contribution in [1.82, 2.24) is 20.2 Å². The summed E-state index contributed by atoms with van der Waals surface area (Å²) in [4.78, 5) is 33.3. The Labute approximate surface area is 123 Å². The lowest BCUT2D eigenvalue weighted by Gasteiger charge is -2.31. The van der Waals surface area contributed by atoms with Gasteiger partial charge in [0.15, 0.2) is 0 Å². The Hall–Kier alpha value is -2.18. The van der Waals surface area contributed by atoms with Crippen molar-refractivity contribution >= 4 is 12.0 Å². The third-order valence-corrected chi connectivity index (χ3v) is 3.51. The molecule has 1 aromatic rings. The Morgan fingerprint density at radius 1 is 1.43 bits per heavy atom. The van der Waals surface area contributed by atoms with E-state index in [9.17, 15) is 9.59 Å². The van der Waals surface area contributed by atoms with E-state index in [-0.39, 0.29) is 18.0 Å². The Kier molecular flexibility index (Phi) is 5.08. The number of amides is 2. The van der Waals surface area contributed by atoms with Gasteiger partial charge in [0.25, 0.3) is 5.91 Å². The lowest BCUT2D eigenvalue weighted by atomic mass is 10.0. The molecule has 0 spiro atoms. The van der Waals surface area contributed by atoms with E-state index < -0.39 is 0 Å². The molecule has 0 aromatic carbocycles. The predicted octanol–water partition coefficient (Wildman–Crippen LogP) is 1.14. The molecule has 0 atom stereocenters. The van der Waals surface area contributed by atoms with E-state index in [1.54, 1.807) is 18.7 Å². The third-order valence-electron chi connectivity index (χ3n) is 3.51. The average Bonchev–Trinajstić information content (AvgIpc) is 2.48. The second kappa shape index (κ2) is 7.01. The van der Waals surface area contributed by atoms with Crippen LogP contribution in [0.2, 0.25) is 0 Å². The van der Waals surface area contributed by atoms with Crippen LogP contribution < -0.4 is 5.32 Å². The summed E-state index contributed by atoms with van der Waals surface area (Å²) in [6.07, 6.45) is 4.10. The van der Waals surface area contributed by atoms with Crippen LogP contribution in [0.4, 0.5) is 4.79 Å². The number of carbonyl (C=O) groups excluding carboxylic acids is 2. The molecule has 7 nitrogen and oxygen atoms in total. The zero-order chi connectivity index (χ0) is 15.2. The minimum absolute atomic E-state index is 0.0581. The highest BCUT2D eigenvalue weighted by molar-refractivity contribution is 5.95. The van der Waals surface area contributed by atoms with Gasteiger partial charge in [-0.05, 0) is 26.7 Å². The normalized spacial score (nSPS) is 15.6. The van der Waals surface area contributed by atoms with Crippen LogP contribution in [0.1, 0.15) is 35.8 Å². The smallest absolute Gasteiger partial charge is 0.409 e. The third kappa shape index (κ3) is 3.90. The molecule has 7 heteroatoms. The Morgan fingerprint density at radius 2 is 2.14 bits per heavy atom. The topological polar surface area (TPSA) is 84.4 Å². The van der Waals surface area contributed by atoms with Gasteiger partial charge in [-0.1, -0.05) is 0 Å². The van der Waals surface area contributed by atoms with Crippen molar-refractivity contribution in [2.24, 2.45) is 0 Å². The van der Waals surface area contributed by atoms with Crippen molar-refractivity contribution in [2.75, 3.05) is 19.7 Å². The fraction of sp³-hybridized carbons (Fsp3) is 0.571. The zero-order valence-corrected chi connectivity index (χ0v) is 12.3. The largest absolute Gasteiger partial charge is 0.450 e. The van der Waals surface area contributed by atoms with E-state index >= 15 is 0 Å². The first-order chi connectivity index (χ1) is 10.1. The summed E-state index contributed by atoms with van der Waals surface area (Å²) < 4.78 is 4.97. The second-order valence-corrected chi connectivity index (χ2v) is 4.96. The van der Waals surface area contributed by atoms with E-state index in [1.165, 1.54) is 12.5 Å². The van der Waals surface area contributed by atoms with Gasteiger partial charge in [0, 0.05) is 25.3 Å². The number of aryl methyl sites for hydroxylation is 1. The van der Waals surface area contributed by atoms with Crippen molar-refractivity contribution in [3.05, 3.63) is 23.8 Å². The number of carbonyl (C=O) groups is 2. The summed E-state index contributed by atoms with van der Waals surface area (Å²) in [5.41, 5.74) is 1.15. The Balaban J connectivity index is 1.85. The molecule has 0 saturated carbocycles. The first-order valence-electron chi connectivity index (χ1n) is 7.11. The number of piperidine rings is 1. The Bertz CT molecular complexity index is 513. The quantitative estimate of drug-likeness (QED) is 0.903. The van der Waals surface area contributed by atoms with Crippen LogP contribution in [0.15, 0.2) is 12.5 Å². The molecule has 1 fully saturated rings. The highest BCUT2D eigenvalue weighted by atomic mass is 16.6. The van der Waals surface area contributed by atoms with Crippen molar-refractivity contribution in [1.29, 1.82) is 0 Å². The number of rotatable bonds is 3. The molecule has 0 bridgehead atoms. The molecular weight excluding hydrogens is 272 g/mol. The first-order valence-corrected chi connectivity index (χ1v) is 7.11. The SMILES string of the molecule is CCOC(=O)N1CCC(NC(=O)c2cncnc2C)CC1. The van der Waals surface area contributed by atoms with Gasteiger partial charge >= 0.3 is 6.09 Å². The van der Waals surface area contributed by atoms with Crippen LogP contribution >= 0.6 is 0 Å². The summed E-state index contributed by atoms with van der Waals surface area (Å²) in [6.45, 7) is 5.12. The molecule has 2 amide bonds. The van der Waals surface area contributed by atoms with Crippen LogP contribution in [0, 0.1) is 6.92 Å². The van der Waals surface area contributed by atoms with E-state index in [0.29, 0.717) is 31.0 Å². The van der Waals surface area contributed by atoms with E-state index in [0.717, 1.165) is 12.8 Å². The maximum absolute atomic E-state index is 12.2. The number of nitrogens with zero attached hydrogens (tertiary/aromatic N) is 3. The van der Waals surface area contributed by atoms with Gasteiger partial charge in [-0.2, -0.15) is 0 Å². The summed E-state index contributed by atoms with van der Waals surface area (Å²) in [5.74, 6) is -0.164. The molecule has 1 aliphatic rings. The van der Waals surface area contributed by atoms with Crippen LogP contribution in [-0.2, 0) is 4.74 Å². The van der Waals surface area contributed by atoms with E-state index in [1.807, 2.05) is 0 Å². The van der Waals surface area contributed by atoms with Crippen molar-refractivity contribution in [3.8, 4) is 0 Å². The molecule has 0 unspecified atom stereocenters. The van der Waals surface area contributed by atoms with Gasteiger partial charge in [-0.3, -0.25) is 4.79 Å². The van der Waals surface area contributed by atoms with Crippen LogP contribution in [0.3, 0.4) is 0 Å². The van der Waals surface area contributed by atoms with Gasteiger partial charge in [0.1, 0.15) is 6.33 Å². The number of nitrogens with one attached hydrogen (secondary N) is 1. The summed E-state index contributed by atoms with van der Waals surface area (Å²) in [6, 6.07) is 0.0581. The van der Waals surface area contributed by atoms with Gasteiger partial charge in [-0.15, -0.1) is 0 Å². The number of aromatic nitrogens is 2. The first kappa shape index (κ1) is 15.2. The minimum Gasteiger partial charge on any atom is -0.450 e. The van der Waals surface area contributed by atoms with E-state index in [2.05, 4.69) is 15.3 Å². The molecule has 1 saturated heterocycles. The lowest BCUT2D eigenvalue weighted by Crippen LogP contribution is -2.46. The fourth-order valence-corrected chi connectivity index (χ4v) is 2.30. The molecule has 1 N–H and O–H groups in total. The summed E-state index contributed by atoms with van der Waals surface area (Å²) in [7, 11) is 0.